The Morgan fingerprint density at radius 3 is 2.09 bits per heavy atom. The van der Waals surface area contributed by atoms with Crippen LogP contribution in [0.25, 0.3) is 11.1 Å². The molecule has 1 saturated carbocycles. The monoisotopic (exact) mass is 452 g/mol. The van der Waals surface area contributed by atoms with Gasteiger partial charge in [-0.3, -0.25) is 0 Å². The third-order valence-electron chi connectivity index (χ3n) is 7.94. The molecule has 2 aromatic carbocycles. The molecule has 2 aromatic rings. The Labute approximate surface area is 202 Å². The third-order valence-corrected chi connectivity index (χ3v) is 7.94. The SMILES string of the molecule is CCc1cc(-c2ccc(CCC3CCC(C)CC3)cc2F)cc(CC)c1OCC(CC)CC. The number of halogens is 1. The first-order chi connectivity index (χ1) is 16.0. The Bertz CT molecular complexity index is 849. The largest absolute Gasteiger partial charge is 0.493 e. The molecule has 0 amide bonds. The molecule has 0 radical (unpaired) electrons. The highest BCUT2D eigenvalue weighted by atomic mass is 19.1. The standard InChI is InChI=1S/C31H45FO/c1-6-23(7-2)21-33-31-26(8-3)19-28(20-27(31)9-4)29-17-16-25(18-30(29)32)15-14-24-12-10-22(5)11-13-24/h16-20,22-24H,6-15,21H2,1-5H3. The van der Waals surface area contributed by atoms with Crippen molar-refractivity contribution in [1.29, 1.82) is 0 Å². The summed E-state index contributed by atoms with van der Waals surface area (Å²) in [7, 11) is 0. The maximum atomic E-state index is 15.2. The van der Waals surface area contributed by atoms with Crippen LogP contribution < -0.4 is 4.74 Å². The molecule has 1 aliphatic rings. The van der Waals surface area contributed by atoms with Gasteiger partial charge in [-0.2, -0.15) is 0 Å². The van der Waals surface area contributed by atoms with Crippen LogP contribution in [0.5, 0.6) is 5.75 Å². The van der Waals surface area contributed by atoms with E-state index in [0.29, 0.717) is 11.5 Å². The van der Waals surface area contributed by atoms with Crippen molar-refractivity contribution in [2.75, 3.05) is 6.61 Å². The molecule has 2 heteroatoms. The lowest BCUT2D eigenvalue weighted by molar-refractivity contribution is 0.237. The Hall–Kier alpha value is -1.83. The minimum atomic E-state index is -0.0976. The fourth-order valence-corrected chi connectivity index (χ4v) is 5.28. The van der Waals surface area contributed by atoms with Crippen molar-refractivity contribution in [3.8, 4) is 16.9 Å². The second-order valence-electron chi connectivity index (χ2n) is 10.3. The molecule has 0 heterocycles. The molecule has 1 aliphatic carbocycles. The lowest BCUT2D eigenvalue weighted by Gasteiger charge is -2.26. The molecule has 1 fully saturated rings. The number of hydrogen-bond acceptors (Lipinski definition) is 1. The van der Waals surface area contributed by atoms with E-state index in [1.165, 1.54) is 43.2 Å². The number of aryl methyl sites for hydroxylation is 3. The molecular weight excluding hydrogens is 407 g/mol. The zero-order valence-electron chi connectivity index (χ0n) is 21.7. The predicted octanol–water partition coefficient (Wildman–Crippen LogP) is 9.19. The fourth-order valence-electron chi connectivity index (χ4n) is 5.28. The summed E-state index contributed by atoms with van der Waals surface area (Å²) in [4.78, 5) is 0. The molecule has 0 bridgehead atoms. The van der Waals surface area contributed by atoms with Crippen LogP contribution in [-0.2, 0) is 19.3 Å². The van der Waals surface area contributed by atoms with Crippen molar-refractivity contribution >= 4 is 0 Å². The first kappa shape index (κ1) is 25.8. The fraction of sp³-hybridized carbons (Fsp3) is 0.613. The van der Waals surface area contributed by atoms with E-state index in [1.54, 1.807) is 6.07 Å². The maximum Gasteiger partial charge on any atom is 0.131 e. The molecule has 0 N–H and O–H groups in total. The van der Waals surface area contributed by atoms with Crippen molar-refractivity contribution in [3.05, 3.63) is 52.8 Å². The lowest BCUT2D eigenvalue weighted by Crippen LogP contribution is -2.13. The molecule has 182 valence electrons. The molecule has 3 rings (SSSR count). The average molecular weight is 453 g/mol. The van der Waals surface area contributed by atoms with Gasteiger partial charge in [0.25, 0.3) is 0 Å². The van der Waals surface area contributed by atoms with E-state index in [1.807, 2.05) is 6.07 Å². The Balaban J connectivity index is 1.76. The third kappa shape index (κ3) is 6.84. The summed E-state index contributed by atoms with van der Waals surface area (Å²) in [5.41, 5.74) is 5.19. The Morgan fingerprint density at radius 1 is 0.909 bits per heavy atom. The quantitative estimate of drug-likeness (QED) is 0.330. The second-order valence-corrected chi connectivity index (χ2v) is 10.3. The van der Waals surface area contributed by atoms with Gasteiger partial charge in [-0.25, -0.2) is 4.39 Å². The van der Waals surface area contributed by atoms with Crippen molar-refractivity contribution in [3.63, 3.8) is 0 Å². The topological polar surface area (TPSA) is 9.23 Å². The van der Waals surface area contributed by atoms with Crippen molar-refractivity contribution < 1.29 is 9.13 Å². The summed E-state index contributed by atoms with van der Waals surface area (Å²) in [6, 6.07) is 10.2. The highest BCUT2D eigenvalue weighted by molar-refractivity contribution is 5.68. The first-order valence-corrected chi connectivity index (χ1v) is 13.6. The van der Waals surface area contributed by atoms with Crippen LogP contribution in [-0.4, -0.2) is 6.61 Å². The van der Waals surface area contributed by atoms with Crippen LogP contribution in [0.15, 0.2) is 30.3 Å². The molecule has 1 nitrogen and oxygen atoms in total. The Kier molecular flexibility index (Phi) is 9.83. The zero-order chi connectivity index (χ0) is 23.8. The zero-order valence-corrected chi connectivity index (χ0v) is 21.7. The van der Waals surface area contributed by atoms with Crippen LogP contribution in [0.4, 0.5) is 4.39 Å². The summed E-state index contributed by atoms with van der Waals surface area (Å²) >= 11 is 0. The molecule has 0 aliphatic heterocycles. The van der Waals surface area contributed by atoms with Gasteiger partial charge in [-0.1, -0.05) is 85.3 Å². The minimum absolute atomic E-state index is 0.0976. The molecule has 0 spiro atoms. The molecule has 0 saturated heterocycles. The van der Waals surface area contributed by atoms with Crippen molar-refractivity contribution in [1.82, 2.24) is 0 Å². The molecule has 33 heavy (non-hydrogen) atoms. The first-order valence-electron chi connectivity index (χ1n) is 13.6. The van der Waals surface area contributed by atoms with Gasteiger partial charge in [0.05, 0.1) is 6.61 Å². The van der Waals surface area contributed by atoms with E-state index in [-0.39, 0.29) is 5.82 Å². The highest BCUT2D eigenvalue weighted by Crippen LogP contribution is 2.35. The molecule has 0 atom stereocenters. The smallest absolute Gasteiger partial charge is 0.131 e. The summed E-state index contributed by atoms with van der Waals surface area (Å²) < 4.78 is 21.6. The van der Waals surface area contributed by atoms with Gasteiger partial charge in [0.2, 0.25) is 0 Å². The van der Waals surface area contributed by atoms with Crippen molar-refractivity contribution in [2.24, 2.45) is 17.8 Å². The molecule has 0 aromatic heterocycles. The summed E-state index contributed by atoms with van der Waals surface area (Å²) in [6.45, 7) is 11.9. The average Bonchev–Trinajstić information content (AvgIpc) is 2.84. The van der Waals surface area contributed by atoms with Crippen LogP contribution in [0.1, 0.15) is 96.3 Å². The van der Waals surface area contributed by atoms with Gasteiger partial charge in [0.1, 0.15) is 11.6 Å². The number of ether oxygens (including phenoxy) is 1. The van der Waals surface area contributed by atoms with Crippen LogP contribution in [0, 0.1) is 23.6 Å². The molecule has 0 unspecified atom stereocenters. The second kappa shape index (κ2) is 12.6. The van der Waals surface area contributed by atoms with E-state index < -0.39 is 0 Å². The summed E-state index contributed by atoms with van der Waals surface area (Å²) in [5.74, 6) is 3.21. The maximum absolute atomic E-state index is 15.2. The van der Waals surface area contributed by atoms with Crippen molar-refractivity contribution in [2.45, 2.75) is 98.8 Å². The van der Waals surface area contributed by atoms with Gasteiger partial charge in [-0.15, -0.1) is 0 Å². The van der Waals surface area contributed by atoms with Gasteiger partial charge in [-0.05, 0) is 83.9 Å². The number of benzene rings is 2. The summed E-state index contributed by atoms with van der Waals surface area (Å²) in [6.07, 6.45) is 11.6. The lowest BCUT2D eigenvalue weighted by atomic mass is 9.80. The normalized spacial score (nSPS) is 18.6. The van der Waals surface area contributed by atoms with E-state index in [2.05, 4.69) is 52.8 Å². The van der Waals surface area contributed by atoms with Gasteiger partial charge in [0.15, 0.2) is 0 Å². The number of hydrogen-bond donors (Lipinski definition) is 0. The minimum Gasteiger partial charge on any atom is -0.493 e. The van der Waals surface area contributed by atoms with Gasteiger partial charge in [0, 0.05) is 5.56 Å². The van der Waals surface area contributed by atoms with Gasteiger partial charge < -0.3 is 4.74 Å². The van der Waals surface area contributed by atoms with Crippen LogP contribution >= 0.6 is 0 Å². The van der Waals surface area contributed by atoms with E-state index in [0.717, 1.165) is 67.4 Å². The van der Waals surface area contributed by atoms with Crippen LogP contribution in [0.3, 0.4) is 0 Å². The number of rotatable bonds is 11. The van der Waals surface area contributed by atoms with Crippen LogP contribution in [0.2, 0.25) is 0 Å². The van der Waals surface area contributed by atoms with Gasteiger partial charge >= 0.3 is 0 Å². The van der Waals surface area contributed by atoms with E-state index in [9.17, 15) is 0 Å². The van der Waals surface area contributed by atoms with E-state index in [4.69, 9.17) is 4.74 Å². The Morgan fingerprint density at radius 2 is 1.55 bits per heavy atom. The van der Waals surface area contributed by atoms with E-state index >= 15 is 4.39 Å². The summed E-state index contributed by atoms with van der Waals surface area (Å²) in [5, 5.41) is 0. The predicted molar refractivity (Wildman–Crippen MR) is 140 cm³/mol. The molecular formula is C31H45FO. The highest BCUT2D eigenvalue weighted by Gasteiger charge is 2.19.